The third-order valence-corrected chi connectivity index (χ3v) is 5.24. The molecule has 2 N–H and O–H groups in total. The van der Waals surface area contributed by atoms with Crippen molar-refractivity contribution in [3.05, 3.63) is 76.2 Å². The highest BCUT2D eigenvalue weighted by molar-refractivity contribution is 6.04. The molecule has 0 aliphatic heterocycles. The number of carbonyl (C=O) groups excluding carboxylic acids is 1. The molecule has 0 unspecified atom stereocenters. The second-order valence-electron chi connectivity index (χ2n) is 6.88. The Morgan fingerprint density at radius 2 is 1.58 bits per heavy atom. The lowest BCUT2D eigenvalue weighted by atomic mass is 9.82. The molecule has 5 nitrogen and oxygen atoms in total. The zero-order valence-electron chi connectivity index (χ0n) is 14.4. The van der Waals surface area contributed by atoms with Crippen molar-refractivity contribution in [1.82, 2.24) is 15.5 Å². The number of nitrogens with one attached hydrogen (secondary N) is 2. The van der Waals surface area contributed by atoms with Gasteiger partial charge in [-0.2, -0.15) is 5.10 Å². The van der Waals surface area contributed by atoms with E-state index in [9.17, 15) is 9.59 Å². The van der Waals surface area contributed by atoms with Crippen LogP contribution in [0.4, 0.5) is 0 Å². The molecule has 0 bridgehead atoms. The summed E-state index contributed by atoms with van der Waals surface area (Å²) in [5.41, 5.74) is 1.39. The van der Waals surface area contributed by atoms with Crippen LogP contribution in [0.2, 0.25) is 0 Å². The molecule has 3 aromatic rings. The largest absolute Gasteiger partial charge is 0.348 e. The molecule has 0 saturated heterocycles. The molecule has 2 aromatic carbocycles. The third-order valence-electron chi connectivity index (χ3n) is 5.24. The lowest BCUT2D eigenvalue weighted by Gasteiger charge is -2.29. The first-order valence-corrected chi connectivity index (χ1v) is 9.05. The Hall–Kier alpha value is -2.95. The van der Waals surface area contributed by atoms with Gasteiger partial charge in [0.1, 0.15) is 0 Å². The number of aromatic amines is 1. The van der Waals surface area contributed by atoms with Crippen LogP contribution in [0.15, 0.2) is 59.4 Å². The van der Waals surface area contributed by atoms with Crippen LogP contribution in [0.3, 0.4) is 0 Å². The molecule has 1 aliphatic rings. The molecular formula is C21H21N3O2. The highest BCUT2D eigenvalue weighted by atomic mass is 16.2. The first-order valence-electron chi connectivity index (χ1n) is 9.05. The standard InChI is InChI=1S/C21H21N3O2/c25-20-18-9-5-4-8-17(18)19(23-24-20)21(26)22-16-12-10-15(11-13-16)14-6-2-1-3-7-14/h1-9,15-16H,10-13H2,(H,22,26)(H,24,25). The summed E-state index contributed by atoms with van der Waals surface area (Å²) < 4.78 is 0. The maximum atomic E-state index is 12.7. The summed E-state index contributed by atoms with van der Waals surface area (Å²) in [6.07, 6.45) is 4.03. The number of aromatic nitrogens is 2. The normalized spacial score (nSPS) is 20.0. The number of amides is 1. The summed E-state index contributed by atoms with van der Waals surface area (Å²) in [5, 5.41) is 10.6. The fraction of sp³-hybridized carbons (Fsp3) is 0.286. The van der Waals surface area contributed by atoms with Crippen LogP contribution in [0, 0.1) is 0 Å². The quantitative estimate of drug-likeness (QED) is 0.763. The minimum atomic E-state index is -0.277. The van der Waals surface area contributed by atoms with E-state index in [1.807, 2.05) is 12.1 Å². The van der Waals surface area contributed by atoms with Gasteiger partial charge in [-0.1, -0.05) is 48.5 Å². The molecule has 0 spiro atoms. The molecule has 1 aromatic heterocycles. The summed E-state index contributed by atoms with van der Waals surface area (Å²) in [5.74, 6) is 0.344. The van der Waals surface area contributed by atoms with E-state index in [4.69, 9.17) is 0 Å². The van der Waals surface area contributed by atoms with E-state index in [0.717, 1.165) is 25.7 Å². The highest BCUT2D eigenvalue weighted by Crippen LogP contribution is 2.32. The van der Waals surface area contributed by atoms with Gasteiger partial charge in [-0.05, 0) is 43.2 Å². The summed E-state index contributed by atoms with van der Waals surface area (Å²) >= 11 is 0. The number of carbonyl (C=O) groups is 1. The van der Waals surface area contributed by atoms with Crippen LogP contribution in [0.1, 0.15) is 47.7 Å². The molecule has 132 valence electrons. The molecule has 0 radical (unpaired) electrons. The lowest BCUT2D eigenvalue weighted by Crippen LogP contribution is -2.38. The topological polar surface area (TPSA) is 74.8 Å². The van der Waals surface area contributed by atoms with Crippen LogP contribution in [0.5, 0.6) is 0 Å². The number of hydrogen-bond donors (Lipinski definition) is 2. The number of rotatable bonds is 3. The second kappa shape index (κ2) is 7.12. The number of hydrogen-bond acceptors (Lipinski definition) is 3. The summed E-state index contributed by atoms with van der Waals surface area (Å²) in [6.45, 7) is 0. The molecule has 1 heterocycles. The van der Waals surface area contributed by atoms with E-state index >= 15 is 0 Å². The van der Waals surface area contributed by atoms with E-state index in [0.29, 0.717) is 16.7 Å². The van der Waals surface area contributed by atoms with Crippen LogP contribution < -0.4 is 10.9 Å². The van der Waals surface area contributed by atoms with Gasteiger partial charge in [-0.15, -0.1) is 0 Å². The Morgan fingerprint density at radius 1 is 0.923 bits per heavy atom. The molecule has 4 rings (SSSR count). The monoisotopic (exact) mass is 347 g/mol. The number of nitrogens with zero attached hydrogens (tertiary/aromatic N) is 1. The van der Waals surface area contributed by atoms with Gasteiger partial charge >= 0.3 is 0 Å². The predicted octanol–water partition coefficient (Wildman–Crippen LogP) is 3.38. The molecule has 0 atom stereocenters. The van der Waals surface area contributed by atoms with E-state index in [1.54, 1.807) is 18.2 Å². The van der Waals surface area contributed by atoms with Gasteiger partial charge in [-0.25, -0.2) is 5.10 Å². The zero-order valence-corrected chi connectivity index (χ0v) is 14.4. The Balaban J connectivity index is 1.45. The van der Waals surface area contributed by atoms with Gasteiger partial charge in [0.2, 0.25) is 0 Å². The average Bonchev–Trinajstić information content (AvgIpc) is 2.70. The first-order chi connectivity index (χ1) is 12.7. The maximum Gasteiger partial charge on any atom is 0.272 e. The molecule has 1 amide bonds. The van der Waals surface area contributed by atoms with Crippen molar-refractivity contribution in [3.8, 4) is 0 Å². The summed E-state index contributed by atoms with van der Waals surface area (Å²) in [6, 6.07) is 17.8. The Morgan fingerprint density at radius 3 is 2.31 bits per heavy atom. The smallest absolute Gasteiger partial charge is 0.272 e. The Labute approximate surface area is 151 Å². The predicted molar refractivity (Wildman–Crippen MR) is 101 cm³/mol. The van der Waals surface area contributed by atoms with Crippen LogP contribution in [-0.4, -0.2) is 22.1 Å². The Kier molecular flexibility index (Phi) is 4.52. The van der Waals surface area contributed by atoms with Gasteiger partial charge < -0.3 is 5.32 Å². The summed E-state index contributed by atoms with van der Waals surface area (Å²) in [7, 11) is 0. The third kappa shape index (κ3) is 3.25. The maximum absolute atomic E-state index is 12.7. The van der Waals surface area contributed by atoms with Crippen molar-refractivity contribution in [2.24, 2.45) is 0 Å². The van der Waals surface area contributed by atoms with Crippen LogP contribution >= 0.6 is 0 Å². The SMILES string of the molecule is O=C(NC1CCC(c2ccccc2)CC1)c1n[nH]c(=O)c2ccccc12. The fourth-order valence-corrected chi connectivity index (χ4v) is 3.84. The zero-order chi connectivity index (χ0) is 17.9. The van der Waals surface area contributed by atoms with Gasteiger partial charge in [0.15, 0.2) is 5.69 Å². The number of fused-ring (bicyclic) bond motifs is 1. The van der Waals surface area contributed by atoms with Crippen molar-refractivity contribution in [3.63, 3.8) is 0 Å². The van der Waals surface area contributed by atoms with Crippen molar-refractivity contribution in [1.29, 1.82) is 0 Å². The van der Waals surface area contributed by atoms with Crippen molar-refractivity contribution >= 4 is 16.7 Å². The minimum Gasteiger partial charge on any atom is -0.348 e. The first kappa shape index (κ1) is 16.5. The number of benzene rings is 2. The van der Waals surface area contributed by atoms with Crippen molar-refractivity contribution < 1.29 is 4.79 Å². The lowest BCUT2D eigenvalue weighted by molar-refractivity contribution is 0.0921. The number of H-pyrrole nitrogens is 1. The van der Waals surface area contributed by atoms with E-state index < -0.39 is 0 Å². The highest BCUT2D eigenvalue weighted by Gasteiger charge is 2.24. The molecule has 26 heavy (non-hydrogen) atoms. The van der Waals surface area contributed by atoms with E-state index in [2.05, 4.69) is 39.8 Å². The van der Waals surface area contributed by atoms with Crippen molar-refractivity contribution in [2.45, 2.75) is 37.6 Å². The van der Waals surface area contributed by atoms with Gasteiger partial charge in [0.25, 0.3) is 11.5 Å². The average molecular weight is 347 g/mol. The second-order valence-corrected chi connectivity index (χ2v) is 6.88. The summed E-state index contributed by atoms with van der Waals surface area (Å²) in [4.78, 5) is 24.6. The van der Waals surface area contributed by atoms with Gasteiger partial charge in [0, 0.05) is 11.4 Å². The van der Waals surface area contributed by atoms with E-state index in [1.165, 1.54) is 5.56 Å². The molecule has 1 fully saturated rings. The molecular weight excluding hydrogens is 326 g/mol. The van der Waals surface area contributed by atoms with Gasteiger partial charge in [0.05, 0.1) is 5.39 Å². The molecule has 1 saturated carbocycles. The van der Waals surface area contributed by atoms with Crippen LogP contribution in [0.25, 0.3) is 10.8 Å². The van der Waals surface area contributed by atoms with Crippen molar-refractivity contribution in [2.75, 3.05) is 0 Å². The van der Waals surface area contributed by atoms with E-state index in [-0.39, 0.29) is 23.2 Å². The molecule has 1 aliphatic carbocycles. The molecule has 5 heteroatoms. The fourth-order valence-electron chi connectivity index (χ4n) is 3.84. The Bertz CT molecular complexity index is 973. The van der Waals surface area contributed by atoms with Gasteiger partial charge in [-0.3, -0.25) is 9.59 Å². The van der Waals surface area contributed by atoms with Crippen LogP contribution in [-0.2, 0) is 0 Å². The minimum absolute atomic E-state index is 0.148.